The number of carbonyl (C=O) groups is 1. The van der Waals surface area contributed by atoms with Gasteiger partial charge in [-0.1, -0.05) is 60.7 Å². The number of rotatable bonds is 4. The fourth-order valence-electron chi connectivity index (χ4n) is 1.99. The average molecular weight is 252 g/mol. The molecule has 0 aromatic heterocycles. The highest BCUT2D eigenvalue weighted by Crippen LogP contribution is 2.21. The van der Waals surface area contributed by atoms with E-state index >= 15 is 0 Å². The van der Waals surface area contributed by atoms with Crippen LogP contribution in [0.4, 0.5) is 0 Å². The molecule has 2 nitrogen and oxygen atoms in total. The van der Waals surface area contributed by atoms with Gasteiger partial charge in [-0.3, -0.25) is 4.79 Å². The van der Waals surface area contributed by atoms with Crippen LogP contribution < -0.4 is 0 Å². The molecule has 0 aliphatic heterocycles. The minimum Gasteiger partial charge on any atom is -0.496 e. The zero-order valence-electron chi connectivity index (χ0n) is 11.1. The first-order valence-electron chi connectivity index (χ1n) is 6.14. The summed E-state index contributed by atoms with van der Waals surface area (Å²) in [4.78, 5) is 12.4. The minimum absolute atomic E-state index is 0.0127. The van der Waals surface area contributed by atoms with E-state index in [1.807, 2.05) is 60.7 Å². The lowest BCUT2D eigenvalue weighted by atomic mass is 10.0. The van der Waals surface area contributed by atoms with Crippen LogP contribution in [-0.4, -0.2) is 12.9 Å². The molecule has 0 saturated carbocycles. The smallest absolute Gasteiger partial charge is 0.192 e. The van der Waals surface area contributed by atoms with E-state index in [1.165, 1.54) is 0 Å². The van der Waals surface area contributed by atoms with Crippen LogP contribution in [0, 0.1) is 0 Å². The summed E-state index contributed by atoms with van der Waals surface area (Å²) in [5.41, 5.74) is 2.19. The summed E-state index contributed by atoms with van der Waals surface area (Å²) in [5.74, 6) is 0.607. The molecule has 0 fully saturated rings. The molecular formula is C17H16O2. The molecule has 0 amide bonds. The summed E-state index contributed by atoms with van der Waals surface area (Å²) in [7, 11) is 1.59. The van der Waals surface area contributed by atoms with Gasteiger partial charge in [0.05, 0.1) is 7.11 Å². The molecule has 0 aliphatic rings. The van der Waals surface area contributed by atoms with E-state index in [-0.39, 0.29) is 5.78 Å². The molecule has 2 heteroatoms. The molecule has 0 unspecified atom stereocenters. The van der Waals surface area contributed by atoms with Crippen molar-refractivity contribution in [2.45, 2.75) is 6.92 Å². The Hall–Kier alpha value is -2.35. The lowest BCUT2D eigenvalue weighted by molar-refractivity contribution is 0.103. The van der Waals surface area contributed by atoms with Crippen LogP contribution in [0.5, 0.6) is 0 Å². The summed E-state index contributed by atoms with van der Waals surface area (Å²) in [5, 5.41) is 0. The number of hydrogen-bond acceptors (Lipinski definition) is 2. The van der Waals surface area contributed by atoms with Crippen molar-refractivity contribution in [1.29, 1.82) is 0 Å². The molecule has 2 aromatic rings. The van der Waals surface area contributed by atoms with Gasteiger partial charge in [-0.15, -0.1) is 0 Å². The van der Waals surface area contributed by atoms with Crippen molar-refractivity contribution in [2.75, 3.05) is 7.11 Å². The van der Waals surface area contributed by atoms with Crippen LogP contribution in [-0.2, 0) is 4.74 Å². The van der Waals surface area contributed by atoms with Crippen molar-refractivity contribution in [3.63, 3.8) is 0 Å². The number of benzene rings is 2. The first kappa shape index (κ1) is 13.1. The Kier molecular flexibility index (Phi) is 4.14. The van der Waals surface area contributed by atoms with E-state index < -0.39 is 0 Å². The maximum Gasteiger partial charge on any atom is 0.192 e. The third-order valence-corrected chi connectivity index (χ3v) is 2.96. The van der Waals surface area contributed by atoms with Crippen molar-refractivity contribution in [1.82, 2.24) is 0 Å². The van der Waals surface area contributed by atoms with Crippen molar-refractivity contribution in [3.05, 3.63) is 77.4 Å². The van der Waals surface area contributed by atoms with Gasteiger partial charge in [0.15, 0.2) is 5.78 Å². The van der Waals surface area contributed by atoms with Gasteiger partial charge in [-0.2, -0.15) is 0 Å². The molecule has 19 heavy (non-hydrogen) atoms. The summed E-state index contributed by atoms with van der Waals surface area (Å²) in [6.07, 6.45) is 0. The van der Waals surface area contributed by atoms with Crippen LogP contribution in [0.25, 0.3) is 5.76 Å². The molecule has 0 spiro atoms. The molecular weight excluding hydrogens is 236 g/mol. The normalized spacial score (nSPS) is 11.7. The Morgan fingerprint density at radius 1 is 0.842 bits per heavy atom. The summed E-state index contributed by atoms with van der Waals surface area (Å²) in [6.45, 7) is 1.79. The molecule has 0 aliphatic carbocycles. The summed E-state index contributed by atoms with van der Waals surface area (Å²) in [6, 6.07) is 18.9. The zero-order chi connectivity index (χ0) is 13.7. The maximum atomic E-state index is 12.4. The Balaban J connectivity index is 2.42. The van der Waals surface area contributed by atoms with E-state index in [0.717, 1.165) is 5.56 Å². The van der Waals surface area contributed by atoms with Crippen molar-refractivity contribution in [2.24, 2.45) is 0 Å². The van der Waals surface area contributed by atoms with Crippen molar-refractivity contribution < 1.29 is 9.53 Å². The predicted molar refractivity (Wildman–Crippen MR) is 76.8 cm³/mol. The molecule has 0 heterocycles. The first-order valence-corrected chi connectivity index (χ1v) is 6.14. The molecule has 2 aromatic carbocycles. The SMILES string of the molecule is CO/C(=C(\C)C(=O)c1ccccc1)c1ccccc1. The highest BCUT2D eigenvalue weighted by molar-refractivity contribution is 6.12. The van der Waals surface area contributed by atoms with Gasteiger partial charge in [-0.25, -0.2) is 0 Å². The van der Waals surface area contributed by atoms with Gasteiger partial charge in [0.25, 0.3) is 0 Å². The predicted octanol–water partition coefficient (Wildman–Crippen LogP) is 3.95. The highest BCUT2D eigenvalue weighted by atomic mass is 16.5. The Morgan fingerprint density at radius 2 is 1.32 bits per heavy atom. The maximum absolute atomic E-state index is 12.4. The standard InChI is InChI=1S/C17H16O2/c1-13(16(18)14-9-5-3-6-10-14)17(19-2)15-11-7-4-8-12-15/h3-12H,1-2H3/b17-13+. The monoisotopic (exact) mass is 252 g/mol. The van der Waals surface area contributed by atoms with Gasteiger partial charge in [0.2, 0.25) is 0 Å². The number of ketones is 1. The van der Waals surface area contributed by atoms with E-state index in [0.29, 0.717) is 16.9 Å². The molecule has 0 N–H and O–H groups in total. The quantitative estimate of drug-likeness (QED) is 0.468. The summed E-state index contributed by atoms with van der Waals surface area (Å²) >= 11 is 0. The van der Waals surface area contributed by atoms with Gasteiger partial charge in [0, 0.05) is 16.7 Å². The van der Waals surface area contributed by atoms with Crippen LogP contribution >= 0.6 is 0 Å². The van der Waals surface area contributed by atoms with Crippen LogP contribution in [0.1, 0.15) is 22.8 Å². The number of methoxy groups -OCH3 is 1. The Morgan fingerprint density at radius 3 is 1.79 bits per heavy atom. The van der Waals surface area contributed by atoms with Crippen molar-refractivity contribution in [3.8, 4) is 0 Å². The Labute approximate surface area is 113 Å². The van der Waals surface area contributed by atoms with Gasteiger partial charge in [0.1, 0.15) is 5.76 Å². The topological polar surface area (TPSA) is 26.3 Å². The van der Waals surface area contributed by atoms with E-state index in [9.17, 15) is 4.79 Å². The number of Topliss-reactive ketones (excluding diaryl/α,β-unsaturated/α-hetero) is 1. The molecule has 2 rings (SSSR count). The lowest BCUT2D eigenvalue weighted by Gasteiger charge is -2.10. The number of carbonyl (C=O) groups excluding carboxylic acids is 1. The van der Waals surface area contributed by atoms with E-state index in [1.54, 1.807) is 14.0 Å². The van der Waals surface area contributed by atoms with Gasteiger partial charge >= 0.3 is 0 Å². The largest absolute Gasteiger partial charge is 0.496 e. The van der Waals surface area contributed by atoms with Crippen LogP contribution in [0.15, 0.2) is 66.2 Å². The zero-order valence-corrected chi connectivity index (χ0v) is 11.1. The number of hydrogen-bond donors (Lipinski definition) is 0. The van der Waals surface area contributed by atoms with E-state index in [4.69, 9.17) is 4.74 Å². The second-order valence-corrected chi connectivity index (χ2v) is 4.22. The lowest BCUT2D eigenvalue weighted by Crippen LogP contribution is -2.04. The van der Waals surface area contributed by atoms with Crippen molar-refractivity contribution >= 4 is 11.5 Å². The van der Waals surface area contributed by atoms with Gasteiger partial charge in [-0.05, 0) is 6.92 Å². The molecule has 0 saturated heterocycles. The molecule has 96 valence electrons. The third kappa shape index (κ3) is 2.91. The second kappa shape index (κ2) is 6.01. The average Bonchev–Trinajstić information content (AvgIpc) is 2.49. The summed E-state index contributed by atoms with van der Waals surface area (Å²) < 4.78 is 5.40. The molecule has 0 bridgehead atoms. The Bertz CT molecular complexity index is 583. The number of ether oxygens (including phenoxy) is 1. The van der Waals surface area contributed by atoms with Crippen LogP contribution in [0.2, 0.25) is 0 Å². The van der Waals surface area contributed by atoms with E-state index in [2.05, 4.69) is 0 Å². The molecule has 0 atom stereocenters. The first-order chi connectivity index (χ1) is 9.24. The number of allylic oxidation sites excluding steroid dienone is 1. The fourth-order valence-corrected chi connectivity index (χ4v) is 1.99. The fraction of sp³-hybridized carbons (Fsp3) is 0.118. The van der Waals surface area contributed by atoms with Crippen LogP contribution in [0.3, 0.4) is 0 Å². The highest BCUT2D eigenvalue weighted by Gasteiger charge is 2.14. The minimum atomic E-state index is -0.0127. The van der Waals surface area contributed by atoms with Gasteiger partial charge < -0.3 is 4.74 Å². The second-order valence-electron chi connectivity index (χ2n) is 4.22. The molecule has 0 radical (unpaired) electrons. The third-order valence-electron chi connectivity index (χ3n) is 2.96.